The first-order chi connectivity index (χ1) is 0. The molecule has 0 aliphatic heterocycles. The summed E-state index contributed by atoms with van der Waals surface area (Å²) >= 11 is 0. The molecule has 0 bridgehead atoms. The second kappa shape index (κ2) is 147. The monoisotopic (exact) mass is 721 g/mol. The second-order valence-corrected chi connectivity index (χ2v) is 0. The molecule has 64 valence electrons. The van der Waals surface area contributed by atoms with Crippen LogP contribution >= 0.6 is 0 Å². The van der Waals surface area contributed by atoms with Gasteiger partial charge >= 0.3 is 97.7 Å². The standard InChI is InChI=1S/2BrH.5O.4Sb/h2*1H;;;;;;;;;/q;;5*-2;4*+3/p-2. The molecule has 0 heterocycles. The van der Waals surface area contributed by atoms with E-state index in [1.165, 1.54) is 0 Å². The summed E-state index contributed by atoms with van der Waals surface area (Å²) < 4.78 is 0. The summed E-state index contributed by atoms with van der Waals surface area (Å²) in [6, 6.07) is 0. The van der Waals surface area contributed by atoms with Crippen molar-refractivity contribution >= 4 is 97.7 Å². The molecule has 5 nitrogen and oxygen atoms in total. The van der Waals surface area contributed by atoms with Crippen molar-refractivity contribution in [1.29, 1.82) is 0 Å². The molecule has 0 amide bonds. The summed E-state index contributed by atoms with van der Waals surface area (Å²) in [6.07, 6.45) is 0. The maximum Gasteiger partial charge on any atom is 3.00 e. The molecule has 0 saturated heterocycles. The van der Waals surface area contributed by atoms with Crippen molar-refractivity contribution in [3.8, 4) is 0 Å². The first kappa shape index (κ1) is 182. The van der Waals surface area contributed by atoms with Gasteiger partial charge < -0.3 is 61.3 Å². The quantitative estimate of drug-likeness (QED) is 0.219. The summed E-state index contributed by atoms with van der Waals surface area (Å²) in [4.78, 5) is 0. The largest absolute Gasteiger partial charge is 3.00 e. The molecule has 0 fully saturated rings. The van der Waals surface area contributed by atoms with E-state index in [2.05, 4.69) is 0 Å². The summed E-state index contributed by atoms with van der Waals surface area (Å²) in [6.45, 7) is 0. The van der Waals surface area contributed by atoms with Crippen LogP contribution in [0.5, 0.6) is 0 Å². The van der Waals surface area contributed by atoms with Crippen LogP contribution in [0.2, 0.25) is 0 Å². The van der Waals surface area contributed by atoms with Crippen molar-refractivity contribution in [2.45, 2.75) is 0 Å². The molecule has 0 spiro atoms. The van der Waals surface area contributed by atoms with E-state index in [9.17, 15) is 0 Å². The van der Waals surface area contributed by atoms with Crippen LogP contribution in [0, 0.1) is 0 Å². The van der Waals surface area contributed by atoms with Crippen molar-refractivity contribution in [3.05, 3.63) is 0 Å². The van der Waals surface area contributed by atoms with Gasteiger partial charge in [-0.3, -0.25) is 0 Å². The van der Waals surface area contributed by atoms with Gasteiger partial charge in [0.1, 0.15) is 0 Å². The molecule has 0 aromatic rings. The molecule has 0 unspecified atom stereocenters. The number of hydrogen-bond acceptors (Lipinski definition) is 0. The third kappa shape index (κ3) is 125. The van der Waals surface area contributed by atoms with Crippen molar-refractivity contribution in [1.82, 2.24) is 0 Å². The fourth-order valence-corrected chi connectivity index (χ4v) is 0. The maximum absolute atomic E-state index is 0. The van der Waals surface area contributed by atoms with Gasteiger partial charge in [-0.05, 0) is 0 Å². The zero-order chi connectivity index (χ0) is 0. The van der Waals surface area contributed by atoms with Gasteiger partial charge in [-0.15, -0.1) is 0 Å². The third-order valence-corrected chi connectivity index (χ3v) is 0. The van der Waals surface area contributed by atoms with Gasteiger partial charge in [-0.2, -0.15) is 0 Å². The Bertz CT molecular complexity index is 16.4. The van der Waals surface area contributed by atoms with Gasteiger partial charge in [-0.1, -0.05) is 0 Å². The normalized spacial score (nSPS) is 0. The van der Waals surface area contributed by atoms with Gasteiger partial charge in [0.15, 0.2) is 0 Å². The first-order valence-electron chi connectivity index (χ1n) is 0. The van der Waals surface area contributed by atoms with E-state index in [1.807, 2.05) is 0 Å². The molecule has 0 atom stereocenters. The van der Waals surface area contributed by atoms with Crippen LogP contribution in [0.1, 0.15) is 0 Å². The maximum atomic E-state index is 0. The van der Waals surface area contributed by atoms with Gasteiger partial charge in [0.05, 0.1) is 0 Å². The minimum Gasteiger partial charge on any atom is -2.00 e. The summed E-state index contributed by atoms with van der Waals surface area (Å²) in [7, 11) is 0. The van der Waals surface area contributed by atoms with Crippen molar-refractivity contribution in [2.24, 2.45) is 0 Å². The van der Waals surface area contributed by atoms with Crippen molar-refractivity contribution in [2.75, 3.05) is 0 Å². The fraction of sp³-hybridized carbons (Fsp3) is 0. The van der Waals surface area contributed by atoms with E-state index < -0.39 is 0 Å². The van der Waals surface area contributed by atoms with E-state index in [0.717, 1.165) is 0 Å². The average Bonchev–Trinajstić information content (AvgIpc) is 0. The summed E-state index contributed by atoms with van der Waals surface area (Å²) in [5.41, 5.74) is 0. The Labute approximate surface area is 156 Å². The van der Waals surface area contributed by atoms with E-state index >= 15 is 0 Å². The molecule has 11 heavy (non-hydrogen) atoms. The molecular formula is Br2O5Sb4. The minimum absolute atomic E-state index is 0. The van der Waals surface area contributed by atoms with E-state index in [4.69, 9.17) is 0 Å². The van der Waals surface area contributed by atoms with E-state index in [-0.39, 0.29) is 159 Å². The smallest absolute Gasteiger partial charge is 2.00 e. The summed E-state index contributed by atoms with van der Waals surface area (Å²) in [5, 5.41) is 0. The molecule has 0 saturated carbocycles. The fourth-order valence-electron chi connectivity index (χ4n) is 0. The SMILES string of the molecule is [Br-].[Br-].[O-2].[O-2].[O-2].[O-2].[O-2].[Sb+3].[Sb+3].[Sb+3].[Sb+3]. The Kier molecular flexibility index (Phi) is 2430. The zero-order valence-corrected chi connectivity index (χ0v) is 18.0. The molecule has 0 N–H and O–H groups in total. The molecule has 11 heteroatoms. The van der Waals surface area contributed by atoms with Crippen LogP contribution in [0.25, 0.3) is 0 Å². The Balaban J connectivity index is 0. The van der Waals surface area contributed by atoms with Crippen LogP contribution in [-0.4, -0.2) is 97.7 Å². The molecule has 0 aromatic heterocycles. The van der Waals surface area contributed by atoms with Gasteiger partial charge in [0.25, 0.3) is 0 Å². The second-order valence-electron chi connectivity index (χ2n) is 0. The molecule has 8 radical (unpaired) electrons. The van der Waals surface area contributed by atoms with Gasteiger partial charge in [0.2, 0.25) is 0 Å². The average molecular weight is 727 g/mol. The molecule has 0 aromatic carbocycles. The Morgan fingerprint density at radius 1 is 0.273 bits per heavy atom. The first-order valence-corrected chi connectivity index (χ1v) is 0. The van der Waals surface area contributed by atoms with Crippen molar-refractivity contribution in [3.63, 3.8) is 0 Å². The minimum atomic E-state index is 0. The van der Waals surface area contributed by atoms with E-state index in [1.54, 1.807) is 0 Å². The summed E-state index contributed by atoms with van der Waals surface area (Å²) in [5.74, 6) is 0. The number of halogens is 2. The van der Waals surface area contributed by atoms with Crippen LogP contribution in [-0.2, 0) is 27.4 Å². The van der Waals surface area contributed by atoms with Crippen molar-refractivity contribution < 1.29 is 61.3 Å². The predicted octanol–water partition coefficient (Wildman–Crippen LogP) is -8.11. The Morgan fingerprint density at radius 2 is 0.273 bits per heavy atom. The zero-order valence-electron chi connectivity index (χ0n) is 4.59. The Hall–Kier alpha value is 4.03. The van der Waals surface area contributed by atoms with Crippen LogP contribution in [0.3, 0.4) is 0 Å². The van der Waals surface area contributed by atoms with Gasteiger partial charge in [0, 0.05) is 0 Å². The van der Waals surface area contributed by atoms with E-state index in [0.29, 0.717) is 0 Å². The Morgan fingerprint density at radius 3 is 0.273 bits per heavy atom. The molecular weight excluding hydrogens is 727 g/mol. The third-order valence-electron chi connectivity index (χ3n) is 0. The van der Waals surface area contributed by atoms with Crippen LogP contribution < -0.4 is 34.0 Å². The van der Waals surface area contributed by atoms with Gasteiger partial charge in [-0.25, -0.2) is 0 Å². The van der Waals surface area contributed by atoms with Crippen LogP contribution in [0.4, 0.5) is 0 Å². The van der Waals surface area contributed by atoms with Crippen LogP contribution in [0.15, 0.2) is 0 Å². The number of hydrogen-bond donors (Lipinski definition) is 0. The predicted molar refractivity (Wildman–Crippen MR) is 26.4 cm³/mol. The molecule has 0 rings (SSSR count). The number of rotatable bonds is 0. The molecule has 0 aliphatic carbocycles. The molecule has 0 aliphatic rings. The topological polar surface area (TPSA) is 142 Å².